The van der Waals surface area contributed by atoms with E-state index in [1.54, 1.807) is 19.1 Å². The lowest BCUT2D eigenvalue weighted by Crippen LogP contribution is -2.18. The van der Waals surface area contributed by atoms with Crippen LogP contribution < -0.4 is 0 Å². The van der Waals surface area contributed by atoms with Crippen LogP contribution in [-0.4, -0.2) is 30.8 Å². The Bertz CT molecular complexity index is 474. The first-order valence-electron chi connectivity index (χ1n) is 4.97. The fraction of sp³-hybridized carbons (Fsp3) is 0.364. The van der Waals surface area contributed by atoms with Gasteiger partial charge in [0.2, 0.25) is 0 Å². The number of aryl methyl sites for hydroxylation is 1. The molecule has 0 heterocycles. The minimum absolute atomic E-state index is 0.0396. The second kappa shape index (κ2) is 5.12. The molecule has 0 radical (unpaired) electrons. The average molecular weight is 241 g/mol. The maximum atomic E-state index is 11.4. The molecule has 1 N–H and O–H groups in total. The van der Waals surface area contributed by atoms with E-state index in [0.717, 1.165) is 5.56 Å². The summed E-state index contributed by atoms with van der Waals surface area (Å²) in [5.41, 5.74) is 1.88. The first kappa shape index (κ1) is 12.7. The van der Waals surface area contributed by atoms with Crippen molar-refractivity contribution < 1.29 is 13.6 Å². The zero-order chi connectivity index (χ0) is 12.2. The van der Waals surface area contributed by atoms with Gasteiger partial charge in [-0.2, -0.15) is 0 Å². The van der Waals surface area contributed by atoms with Crippen LogP contribution in [0.2, 0.25) is 0 Å². The first-order chi connectivity index (χ1) is 7.48. The van der Waals surface area contributed by atoms with Gasteiger partial charge < -0.3 is 5.21 Å². The second-order valence-electron chi connectivity index (χ2n) is 3.59. The van der Waals surface area contributed by atoms with Crippen LogP contribution in [0.1, 0.15) is 18.1 Å². The van der Waals surface area contributed by atoms with Crippen LogP contribution >= 0.6 is 0 Å². The summed E-state index contributed by atoms with van der Waals surface area (Å²) in [6.45, 7) is 3.50. The molecule has 4 nitrogen and oxygen atoms in total. The Morgan fingerprint density at radius 2 is 1.88 bits per heavy atom. The topological polar surface area (TPSA) is 66.7 Å². The normalized spacial score (nSPS) is 12.8. The van der Waals surface area contributed by atoms with Gasteiger partial charge in [-0.15, -0.1) is 0 Å². The van der Waals surface area contributed by atoms with E-state index in [-0.39, 0.29) is 17.2 Å². The second-order valence-corrected chi connectivity index (χ2v) is 5.94. The Labute approximate surface area is 95.5 Å². The van der Waals surface area contributed by atoms with Crippen molar-refractivity contribution in [1.29, 1.82) is 0 Å². The lowest BCUT2D eigenvalue weighted by molar-refractivity contribution is 0.319. The van der Waals surface area contributed by atoms with Crippen molar-refractivity contribution in [3.05, 3.63) is 35.4 Å². The van der Waals surface area contributed by atoms with E-state index in [0.29, 0.717) is 5.56 Å². The van der Waals surface area contributed by atoms with Crippen molar-refractivity contribution in [1.82, 2.24) is 0 Å². The van der Waals surface area contributed by atoms with Gasteiger partial charge in [-0.25, -0.2) is 8.42 Å². The summed E-state index contributed by atoms with van der Waals surface area (Å²) in [6, 6.07) is 7.18. The molecule has 0 aliphatic rings. The fourth-order valence-electron chi connectivity index (χ4n) is 1.23. The summed E-state index contributed by atoms with van der Waals surface area (Å²) in [5, 5.41) is 11.9. The van der Waals surface area contributed by atoms with Gasteiger partial charge in [0, 0.05) is 11.3 Å². The van der Waals surface area contributed by atoms with Crippen LogP contribution in [0.3, 0.4) is 0 Å². The Hall–Kier alpha value is -1.36. The molecule has 1 aromatic rings. The van der Waals surface area contributed by atoms with Crippen molar-refractivity contribution >= 4 is 15.5 Å². The SMILES string of the molecule is CCS(=O)(=O)CC(=NO)c1ccc(C)cc1. The highest BCUT2D eigenvalue weighted by Crippen LogP contribution is 2.07. The molecule has 0 aliphatic carbocycles. The molecule has 5 heteroatoms. The fourth-order valence-corrected chi connectivity index (χ4v) is 2.07. The van der Waals surface area contributed by atoms with Gasteiger partial charge in [0.1, 0.15) is 5.71 Å². The highest BCUT2D eigenvalue weighted by atomic mass is 32.2. The highest BCUT2D eigenvalue weighted by molar-refractivity contribution is 7.92. The molecule has 0 aromatic heterocycles. The number of benzene rings is 1. The van der Waals surface area contributed by atoms with Crippen LogP contribution in [0.15, 0.2) is 29.4 Å². The number of hydrogen-bond donors (Lipinski definition) is 1. The molecule has 0 spiro atoms. The number of rotatable bonds is 4. The van der Waals surface area contributed by atoms with E-state index in [1.807, 2.05) is 19.1 Å². The van der Waals surface area contributed by atoms with Gasteiger partial charge in [0.25, 0.3) is 0 Å². The van der Waals surface area contributed by atoms with Crippen molar-refractivity contribution in [2.45, 2.75) is 13.8 Å². The molecular formula is C11H15NO3S. The minimum Gasteiger partial charge on any atom is -0.411 e. The maximum Gasteiger partial charge on any atom is 0.155 e. The van der Waals surface area contributed by atoms with E-state index < -0.39 is 9.84 Å². The van der Waals surface area contributed by atoms with Crippen LogP contribution in [0.4, 0.5) is 0 Å². The predicted molar refractivity (Wildman–Crippen MR) is 63.8 cm³/mol. The maximum absolute atomic E-state index is 11.4. The van der Waals surface area contributed by atoms with Gasteiger partial charge in [-0.1, -0.05) is 41.9 Å². The van der Waals surface area contributed by atoms with Crippen LogP contribution in [-0.2, 0) is 9.84 Å². The van der Waals surface area contributed by atoms with Gasteiger partial charge >= 0.3 is 0 Å². The molecular weight excluding hydrogens is 226 g/mol. The Morgan fingerprint density at radius 3 is 2.31 bits per heavy atom. The summed E-state index contributed by atoms with van der Waals surface area (Å²) in [6.07, 6.45) is 0. The van der Waals surface area contributed by atoms with E-state index in [4.69, 9.17) is 5.21 Å². The quantitative estimate of drug-likeness (QED) is 0.494. The Morgan fingerprint density at radius 1 is 1.31 bits per heavy atom. The van der Waals surface area contributed by atoms with Gasteiger partial charge in [0.15, 0.2) is 9.84 Å². The van der Waals surface area contributed by atoms with Gasteiger partial charge in [0.05, 0.1) is 5.75 Å². The van der Waals surface area contributed by atoms with Gasteiger partial charge in [-0.05, 0) is 6.92 Å². The third-order valence-corrected chi connectivity index (χ3v) is 3.89. The summed E-state index contributed by atoms with van der Waals surface area (Å²) in [5.74, 6) is -0.194. The van der Waals surface area contributed by atoms with Crippen LogP contribution in [0.25, 0.3) is 0 Å². The Kier molecular flexibility index (Phi) is 4.06. The first-order valence-corrected chi connectivity index (χ1v) is 6.79. The molecule has 0 bridgehead atoms. The molecule has 88 valence electrons. The Balaban J connectivity index is 2.97. The molecule has 0 unspecified atom stereocenters. The third-order valence-electron chi connectivity index (χ3n) is 2.30. The molecule has 1 aromatic carbocycles. The number of hydrogen-bond acceptors (Lipinski definition) is 4. The lowest BCUT2D eigenvalue weighted by Gasteiger charge is -2.05. The van der Waals surface area contributed by atoms with Crippen molar-refractivity contribution in [3.63, 3.8) is 0 Å². The standard InChI is InChI=1S/C11H15NO3S/c1-3-16(14,15)8-11(12-13)10-6-4-9(2)5-7-10/h4-7,13H,3,8H2,1-2H3. The van der Waals surface area contributed by atoms with Crippen LogP contribution in [0.5, 0.6) is 0 Å². The van der Waals surface area contributed by atoms with Crippen molar-refractivity contribution in [2.75, 3.05) is 11.5 Å². The minimum atomic E-state index is -3.18. The molecule has 0 atom stereocenters. The van der Waals surface area contributed by atoms with Gasteiger partial charge in [-0.3, -0.25) is 0 Å². The molecule has 0 amide bonds. The molecule has 0 saturated heterocycles. The predicted octanol–water partition coefficient (Wildman–Crippen LogP) is 1.61. The lowest BCUT2D eigenvalue weighted by atomic mass is 10.1. The molecule has 16 heavy (non-hydrogen) atoms. The third kappa shape index (κ3) is 3.34. The van der Waals surface area contributed by atoms with Crippen LogP contribution in [0, 0.1) is 6.92 Å². The van der Waals surface area contributed by atoms with Crippen molar-refractivity contribution in [3.8, 4) is 0 Å². The number of sulfone groups is 1. The summed E-state index contributed by atoms with van der Waals surface area (Å²) in [4.78, 5) is 0. The zero-order valence-corrected chi connectivity index (χ0v) is 10.2. The summed E-state index contributed by atoms with van der Waals surface area (Å²) in [7, 11) is -3.18. The molecule has 0 aliphatic heterocycles. The van der Waals surface area contributed by atoms with E-state index in [9.17, 15) is 8.42 Å². The highest BCUT2D eigenvalue weighted by Gasteiger charge is 2.14. The number of oxime groups is 1. The summed E-state index contributed by atoms with van der Waals surface area (Å²) >= 11 is 0. The van der Waals surface area contributed by atoms with Crippen molar-refractivity contribution in [2.24, 2.45) is 5.16 Å². The molecule has 0 saturated carbocycles. The average Bonchev–Trinajstić information content (AvgIpc) is 2.27. The van der Waals surface area contributed by atoms with E-state index >= 15 is 0 Å². The smallest absolute Gasteiger partial charge is 0.155 e. The summed E-state index contributed by atoms with van der Waals surface area (Å²) < 4.78 is 22.8. The largest absolute Gasteiger partial charge is 0.411 e. The zero-order valence-electron chi connectivity index (χ0n) is 9.34. The molecule has 0 fully saturated rings. The number of nitrogens with zero attached hydrogens (tertiary/aromatic N) is 1. The monoisotopic (exact) mass is 241 g/mol. The van der Waals surface area contributed by atoms with E-state index in [2.05, 4.69) is 5.16 Å². The molecule has 1 rings (SSSR count). The van der Waals surface area contributed by atoms with E-state index in [1.165, 1.54) is 0 Å².